The lowest BCUT2D eigenvalue weighted by Gasteiger charge is -2.36. The first kappa shape index (κ1) is 14.8. The summed E-state index contributed by atoms with van der Waals surface area (Å²) in [7, 11) is 0. The molecule has 5 heteroatoms. The molecule has 1 aliphatic carbocycles. The lowest BCUT2D eigenvalue weighted by Crippen LogP contribution is -2.39. The molecule has 0 radical (unpaired) electrons. The number of ether oxygens (including phenoxy) is 1. The molecule has 0 amide bonds. The van der Waals surface area contributed by atoms with Gasteiger partial charge in [-0.15, -0.1) is 0 Å². The third kappa shape index (κ3) is 3.20. The molecular formula is C17H20N2O3. The van der Waals surface area contributed by atoms with E-state index in [1.807, 2.05) is 30.3 Å². The van der Waals surface area contributed by atoms with Gasteiger partial charge in [0.05, 0.1) is 6.61 Å². The zero-order valence-electron chi connectivity index (χ0n) is 12.6. The molecule has 1 heterocycles. The van der Waals surface area contributed by atoms with E-state index in [1.165, 1.54) is 5.56 Å². The van der Waals surface area contributed by atoms with Crippen LogP contribution in [0.4, 0.5) is 0 Å². The summed E-state index contributed by atoms with van der Waals surface area (Å²) in [6.45, 7) is 3.05. The number of aromatic nitrogens is 2. The van der Waals surface area contributed by atoms with Crippen LogP contribution < -0.4 is 11.2 Å². The number of benzene rings is 1. The van der Waals surface area contributed by atoms with Crippen LogP contribution in [0.25, 0.3) is 0 Å². The van der Waals surface area contributed by atoms with Crippen molar-refractivity contribution in [2.75, 3.05) is 6.61 Å². The fourth-order valence-electron chi connectivity index (χ4n) is 2.84. The summed E-state index contributed by atoms with van der Waals surface area (Å²) in [5.74, 6) is 0.479. The maximum atomic E-state index is 11.8. The Balaban J connectivity index is 1.49. The molecule has 1 N–H and O–H groups in total. The van der Waals surface area contributed by atoms with E-state index in [-0.39, 0.29) is 17.3 Å². The van der Waals surface area contributed by atoms with Crippen LogP contribution >= 0.6 is 0 Å². The van der Waals surface area contributed by atoms with Crippen molar-refractivity contribution in [1.29, 1.82) is 0 Å². The van der Waals surface area contributed by atoms with Crippen molar-refractivity contribution < 1.29 is 4.74 Å². The molecule has 116 valence electrons. The lowest BCUT2D eigenvalue weighted by molar-refractivity contribution is 0.0366. The van der Waals surface area contributed by atoms with Gasteiger partial charge < -0.3 is 4.74 Å². The fraction of sp³-hybridized carbons (Fsp3) is 0.412. The summed E-state index contributed by atoms with van der Waals surface area (Å²) in [4.78, 5) is 25.5. The van der Waals surface area contributed by atoms with Crippen LogP contribution in [0.15, 0.2) is 46.1 Å². The van der Waals surface area contributed by atoms with Crippen LogP contribution in [0, 0.1) is 12.8 Å². The van der Waals surface area contributed by atoms with Crippen molar-refractivity contribution >= 4 is 0 Å². The molecule has 3 rings (SSSR count). The Morgan fingerprint density at radius 1 is 1.23 bits per heavy atom. The third-order valence-corrected chi connectivity index (χ3v) is 4.22. The molecule has 2 aromatic rings. The van der Waals surface area contributed by atoms with E-state index in [9.17, 15) is 9.59 Å². The van der Waals surface area contributed by atoms with Gasteiger partial charge in [-0.25, -0.2) is 4.79 Å². The van der Waals surface area contributed by atoms with Crippen molar-refractivity contribution in [1.82, 2.24) is 9.55 Å². The molecule has 0 atom stereocenters. The first-order chi connectivity index (χ1) is 10.6. The highest BCUT2D eigenvalue weighted by Crippen LogP contribution is 2.36. The van der Waals surface area contributed by atoms with Crippen molar-refractivity contribution in [3.05, 3.63) is 68.5 Å². The molecule has 0 aliphatic heterocycles. The predicted molar refractivity (Wildman–Crippen MR) is 83.9 cm³/mol. The monoisotopic (exact) mass is 300 g/mol. The smallest absolute Gasteiger partial charge is 0.328 e. The van der Waals surface area contributed by atoms with Gasteiger partial charge in [0, 0.05) is 24.4 Å². The Labute approximate surface area is 128 Å². The fourth-order valence-corrected chi connectivity index (χ4v) is 2.84. The highest BCUT2D eigenvalue weighted by Gasteiger charge is 2.31. The van der Waals surface area contributed by atoms with E-state index >= 15 is 0 Å². The molecule has 22 heavy (non-hydrogen) atoms. The molecule has 1 fully saturated rings. The number of nitrogens with zero attached hydrogens (tertiary/aromatic N) is 1. The van der Waals surface area contributed by atoms with Crippen LogP contribution in [0.5, 0.6) is 0 Å². The molecule has 5 nitrogen and oxygen atoms in total. The summed E-state index contributed by atoms with van der Waals surface area (Å²) in [6, 6.07) is 10.3. The quantitative estimate of drug-likeness (QED) is 0.918. The number of hydrogen-bond acceptors (Lipinski definition) is 3. The zero-order chi connectivity index (χ0) is 15.5. The number of hydrogen-bond donors (Lipinski definition) is 1. The van der Waals surface area contributed by atoms with Gasteiger partial charge in [-0.05, 0) is 31.2 Å². The summed E-state index contributed by atoms with van der Waals surface area (Å²) >= 11 is 0. The minimum Gasteiger partial charge on any atom is -0.376 e. The summed E-state index contributed by atoms with van der Waals surface area (Å²) < 4.78 is 7.38. The Kier molecular flexibility index (Phi) is 4.24. The molecular weight excluding hydrogens is 280 g/mol. The molecule has 1 aromatic carbocycles. The number of rotatable bonds is 5. The van der Waals surface area contributed by atoms with Crippen LogP contribution in [-0.4, -0.2) is 16.2 Å². The van der Waals surface area contributed by atoms with Crippen molar-refractivity contribution in [2.24, 2.45) is 5.92 Å². The number of aryl methyl sites for hydroxylation is 1. The average Bonchev–Trinajstić information content (AvgIpc) is 2.47. The standard InChI is InChI=1S/C17H20N2O3/c1-12-9-19(17(21)18-16(12)20)15-7-14(8-15)11-22-10-13-5-3-2-4-6-13/h2-6,9,14-15H,7-8,10-11H2,1H3,(H,18,20,21). The second-order valence-corrected chi connectivity index (χ2v) is 5.97. The normalized spacial score (nSPS) is 20.6. The summed E-state index contributed by atoms with van der Waals surface area (Å²) in [5, 5.41) is 0. The SMILES string of the molecule is Cc1cn(C2CC(COCc3ccccc3)C2)c(=O)[nH]c1=O. The first-order valence-corrected chi connectivity index (χ1v) is 7.57. The largest absolute Gasteiger partial charge is 0.376 e. The minimum atomic E-state index is -0.316. The van der Waals surface area contributed by atoms with E-state index in [0.29, 0.717) is 24.7 Å². The predicted octanol–water partition coefficient (Wildman–Crippen LogP) is 2.01. The van der Waals surface area contributed by atoms with E-state index in [2.05, 4.69) is 4.98 Å². The van der Waals surface area contributed by atoms with Crippen LogP contribution in [-0.2, 0) is 11.3 Å². The molecule has 0 bridgehead atoms. The van der Waals surface area contributed by atoms with Crippen LogP contribution in [0.3, 0.4) is 0 Å². The van der Waals surface area contributed by atoms with Gasteiger partial charge in [-0.2, -0.15) is 0 Å². The topological polar surface area (TPSA) is 64.1 Å². The second-order valence-electron chi connectivity index (χ2n) is 5.97. The van der Waals surface area contributed by atoms with E-state index < -0.39 is 0 Å². The Morgan fingerprint density at radius 2 is 1.95 bits per heavy atom. The number of H-pyrrole nitrogens is 1. The Morgan fingerprint density at radius 3 is 2.68 bits per heavy atom. The number of aromatic amines is 1. The number of nitrogens with one attached hydrogen (secondary N) is 1. The first-order valence-electron chi connectivity index (χ1n) is 7.57. The Bertz CT molecular complexity index is 742. The van der Waals surface area contributed by atoms with E-state index in [1.54, 1.807) is 17.7 Å². The highest BCUT2D eigenvalue weighted by atomic mass is 16.5. The van der Waals surface area contributed by atoms with Gasteiger partial charge in [-0.1, -0.05) is 30.3 Å². The second kappa shape index (κ2) is 6.32. The van der Waals surface area contributed by atoms with Crippen molar-refractivity contribution in [3.8, 4) is 0 Å². The van der Waals surface area contributed by atoms with Crippen molar-refractivity contribution in [2.45, 2.75) is 32.4 Å². The molecule has 1 saturated carbocycles. The van der Waals surface area contributed by atoms with Gasteiger partial charge in [0.25, 0.3) is 5.56 Å². The average molecular weight is 300 g/mol. The Hall–Kier alpha value is -2.14. The van der Waals surface area contributed by atoms with Crippen LogP contribution in [0.2, 0.25) is 0 Å². The molecule has 0 spiro atoms. The van der Waals surface area contributed by atoms with Crippen LogP contribution in [0.1, 0.15) is 30.0 Å². The van der Waals surface area contributed by atoms with Gasteiger partial charge in [0.2, 0.25) is 0 Å². The summed E-state index contributed by atoms with van der Waals surface area (Å²) in [6.07, 6.45) is 3.49. The maximum absolute atomic E-state index is 11.8. The molecule has 1 aromatic heterocycles. The van der Waals surface area contributed by atoms with E-state index in [0.717, 1.165) is 12.8 Å². The zero-order valence-corrected chi connectivity index (χ0v) is 12.6. The third-order valence-electron chi connectivity index (χ3n) is 4.22. The molecule has 0 saturated heterocycles. The van der Waals surface area contributed by atoms with Gasteiger partial charge in [0.15, 0.2) is 0 Å². The molecule has 0 unspecified atom stereocenters. The minimum absolute atomic E-state index is 0.174. The lowest BCUT2D eigenvalue weighted by atomic mass is 9.80. The highest BCUT2D eigenvalue weighted by molar-refractivity contribution is 5.13. The van der Waals surface area contributed by atoms with Crippen molar-refractivity contribution in [3.63, 3.8) is 0 Å². The van der Waals surface area contributed by atoms with Gasteiger partial charge in [0.1, 0.15) is 0 Å². The van der Waals surface area contributed by atoms with Gasteiger partial charge in [-0.3, -0.25) is 14.3 Å². The van der Waals surface area contributed by atoms with E-state index in [4.69, 9.17) is 4.74 Å². The maximum Gasteiger partial charge on any atom is 0.328 e. The summed E-state index contributed by atoms with van der Waals surface area (Å²) in [5.41, 5.74) is 1.13. The van der Waals surface area contributed by atoms with Gasteiger partial charge >= 0.3 is 5.69 Å². The molecule has 1 aliphatic rings.